The van der Waals surface area contributed by atoms with Gasteiger partial charge in [-0.25, -0.2) is 0 Å². The van der Waals surface area contributed by atoms with Crippen molar-refractivity contribution in [1.29, 1.82) is 0 Å². The molecule has 2 aromatic rings. The minimum absolute atomic E-state index is 0.113. The summed E-state index contributed by atoms with van der Waals surface area (Å²) in [7, 11) is 0. The molecule has 0 atom stereocenters. The molecule has 0 fully saturated rings. The summed E-state index contributed by atoms with van der Waals surface area (Å²) in [5.74, 6) is -0.702. The van der Waals surface area contributed by atoms with Gasteiger partial charge in [0.05, 0.1) is 0 Å². The van der Waals surface area contributed by atoms with Crippen molar-refractivity contribution in [2.45, 2.75) is 46.0 Å². The smallest absolute Gasteiger partial charge is 0.306 e. The van der Waals surface area contributed by atoms with E-state index in [0.717, 1.165) is 16.8 Å². The van der Waals surface area contributed by atoms with Crippen LogP contribution in [0.15, 0.2) is 48.5 Å². The Bertz CT molecular complexity index is 758. The number of hydrogen-bond acceptors (Lipinski definition) is 3. The van der Waals surface area contributed by atoms with Crippen LogP contribution in [-0.4, -0.2) is 18.5 Å². The zero-order chi connectivity index (χ0) is 19.2. The first kappa shape index (κ1) is 19.7. The van der Waals surface area contributed by atoms with E-state index in [4.69, 9.17) is 4.74 Å². The van der Waals surface area contributed by atoms with E-state index in [1.54, 1.807) is 0 Å². The van der Waals surface area contributed by atoms with Crippen LogP contribution in [0.1, 0.15) is 43.9 Å². The molecule has 0 bridgehead atoms. The highest BCUT2D eigenvalue weighted by Crippen LogP contribution is 2.22. The highest BCUT2D eigenvalue weighted by atomic mass is 16.5. The Morgan fingerprint density at radius 2 is 1.65 bits per heavy atom. The van der Waals surface area contributed by atoms with E-state index in [1.165, 1.54) is 5.56 Å². The first-order valence-corrected chi connectivity index (χ1v) is 8.86. The van der Waals surface area contributed by atoms with E-state index < -0.39 is 0 Å². The molecule has 0 unspecified atom stereocenters. The van der Waals surface area contributed by atoms with Gasteiger partial charge in [0, 0.05) is 12.1 Å². The summed E-state index contributed by atoms with van der Waals surface area (Å²) >= 11 is 0. The van der Waals surface area contributed by atoms with Crippen molar-refractivity contribution in [1.82, 2.24) is 0 Å². The minimum atomic E-state index is -0.371. The van der Waals surface area contributed by atoms with Crippen LogP contribution in [0.5, 0.6) is 0 Å². The van der Waals surface area contributed by atoms with Crippen molar-refractivity contribution in [2.24, 2.45) is 0 Å². The third kappa shape index (κ3) is 6.03. The highest BCUT2D eigenvalue weighted by molar-refractivity contribution is 5.93. The number of anilines is 1. The lowest BCUT2D eigenvalue weighted by Gasteiger charge is -2.19. The predicted molar refractivity (Wildman–Crippen MR) is 104 cm³/mol. The van der Waals surface area contributed by atoms with Crippen LogP contribution in [0.2, 0.25) is 0 Å². The molecule has 0 aliphatic carbocycles. The molecule has 4 heteroatoms. The van der Waals surface area contributed by atoms with E-state index in [-0.39, 0.29) is 30.3 Å². The molecule has 0 heterocycles. The van der Waals surface area contributed by atoms with Crippen molar-refractivity contribution in [3.05, 3.63) is 65.2 Å². The molecule has 26 heavy (non-hydrogen) atoms. The van der Waals surface area contributed by atoms with E-state index in [1.807, 2.05) is 43.3 Å². The van der Waals surface area contributed by atoms with Crippen LogP contribution in [-0.2, 0) is 26.2 Å². The molecule has 4 nitrogen and oxygen atoms in total. The molecule has 0 saturated carbocycles. The summed E-state index contributed by atoms with van der Waals surface area (Å²) in [6.45, 7) is 8.15. The van der Waals surface area contributed by atoms with Crippen LogP contribution < -0.4 is 5.32 Å². The van der Waals surface area contributed by atoms with E-state index >= 15 is 0 Å². The zero-order valence-electron chi connectivity index (χ0n) is 16.0. The largest absolute Gasteiger partial charge is 0.456 e. The lowest BCUT2D eigenvalue weighted by molar-refractivity contribution is -0.147. The van der Waals surface area contributed by atoms with Gasteiger partial charge in [0.15, 0.2) is 6.61 Å². The number of esters is 1. The summed E-state index contributed by atoms with van der Waals surface area (Å²) in [6, 6.07) is 15.7. The van der Waals surface area contributed by atoms with Gasteiger partial charge in [-0.2, -0.15) is 0 Å². The molecular weight excluding hydrogens is 326 g/mol. The summed E-state index contributed by atoms with van der Waals surface area (Å²) in [5, 5.41) is 2.74. The molecular formula is C22H27NO3. The number of rotatable bonds is 6. The lowest BCUT2D eigenvalue weighted by atomic mass is 9.86. The third-order valence-corrected chi connectivity index (χ3v) is 4.22. The maximum atomic E-state index is 11.9. The second-order valence-corrected chi connectivity index (χ2v) is 7.47. The molecule has 0 saturated heterocycles. The number of carbonyl (C=O) groups excluding carboxylic acids is 2. The fraction of sp³-hybridized carbons (Fsp3) is 0.364. The van der Waals surface area contributed by atoms with E-state index in [0.29, 0.717) is 6.42 Å². The van der Waals surface area contributed by atoms with Gasteiger partial charge in [0.2, 0.25) is 0 Å². The molecule has 1 amide bonds. The van der Waals surface area contributed by atoms with Crippen molar-refractivity contribution in [2.75, 3.05) is 11.9 Å². The highest BCUT2D eigenvalue weighted by Gasteiger charge is 2.13. The van der Waals surface area contributed by atoms with Crippen molar-refractivity contribution >= 4 is 17.6 Å². The lowest BCUT2D eigenvalue weighted by Crippen LogP contribution is -2.21. The number of benzene rings is 2. The molecule has 138 valence electrons. The summed E-state index contributed by atoms with van der Waals surface area (Å²) in [4.78, 5) is 23.8. The van der Waals surface area contributed by atoms with Crippen molar-refractivity contribution < 1.29 is 14.3 Å². The number of aryl methyl sites for hydroxylation is 2. The average molecular weight is 353 g/mol. The number of ether oxygens (including phenoxy) is 1. The van der Waals surface area contributed by atoms with E-state index in [2.05, 4.69) is 38.2 Å². The van der Waals surface area contributed by atoms with Crippen LogP contribution in [0.3, 0.4) is 0 Å². The van der Waals surface area contributed by atoms with Gasteiger partial charge < -0.3 is 10.1 Å². The Morgan fingerprint density at radius 3 is 2.27 bits per heavy atom. The molecule has 0 aliphatic heterocycles. The minimum Gasteiger partial charge on any atom is -0.456 e. The average Bonchev–Trinajstić information content (AvgIpc) is 2.60. The van der Waals surface area contributed by atoms with Crippen molar-refractivity contribution in [3.63, 3.8) is 0 Å². The van der Waals surface area contributed by atoms with Gasteiger partial charge in [-0.05, 0) is 41.5 Å². The van der Waals surface area contributed by atoms with Gasteiger partial charge in [0.1, 0.15) is 0 Å². The molecule has 0 spiro atoms. The Labute approximate surface area is 155 Å². The Hall–Kier alpha value is -2.62. The van der Waals surface area contributed by atoms with Crippen LogP contribution in [0, 0.1) is 6.92 Å². The van der Waals surface area contributed by atoms with Gasteiger partial charge in [0.25, 0.3) is 5.91 Å². The molecule has 2 aromatic carbocycles. The number of hydrogen-bond donors (Lipinski definition) is 1. The van der Waals surface area contributed by atoms with Gasteiger partial charge in [-0.15, -0.1) is 0 Å². The second-order valence-electron chi connectivity index (χ2n) is 7.47. The topological polar surface area (TPSA) is 55.4 Å². The van der Waals surface area contributed by atoms with Crippen LogP contribution in [0.4, 0.5) is 5.69 Å². The molecule has 0 radical (unpaired) electrons. The quantitative estimate of drug-likeness (QED) is 0.783. The summed E-state index contributed by atoms with van der Waals surface area (Å²) < 4.78 is 5.06. The van der Waals surface area contributed by atoms with Gasteiger partial charge in [-0.3, -0.25) is 9.59 Å². The Balaban J connectivity index is 1.75. The molecule has 2 rings (SSSR count). The predicted octanol–water partition coefficient (Wildman–Crippen LogP) is 4.41. The first-order chi connectivity index (χ1) is 12.3. The fourth-order valence-electron chi connectivity index (χ4n) is 2.54. The monoisotopic (exact) mass is 353 g/mol. The first-order valence-electron chi connectivity index (χ1n) is 8.86. The summed E-state index contributed by atoms with van der Waals surface area (Å²) in [6.07, 6.45) is 0.856. The van der Waals surface area contributed by atoms with Gasteiger partial charge >= 0.3 is 5.97 Å². The number of carbonyl (C=O) groups is 2. The maximum Gasteiger partial charge on any atom is 0.306 e. The SMILES string of the molecule is Cc1ccccc1NC(=O)COC(=O)CCc1ccc(C(C)(C)C)cc1. The van der Waals surface area contributed by atoms with Crippen LogP contribution >= 0.6 is 0 Å². The Kier molecular flexibility index (Phi) is 6.56. The third-order valence-electron chi connectivity index (χ3n) is 4.22. The summed E-state index contributed by atoms with van der Waals surface area (Å²) in [5.41, 5.74) is 4.15. The van der Waals surface area contributed by atoms with Crippen molar-refractivity contribution in [3.8, 4) is 0 Å². The van der Waals surface area contributed by atoms with Gasteiger partial charge in [-0.1, -0.05) is 63.2 Å². The zero-order valence-corrected chi connectivity index (χ0v) is 16.0. The second kappa shape index (κ2) is 8.65. The number of para-hydroxylation sites is 1. The van der Waals surface area contributed by atoms with E-state index in [9.17, 15) is 9.59 Å². The van der Waals surface area contributed by atoms with Crippen LogP contribution in [0.25, 0.3) is 0 Å². The number of nitrogens with one attached hydrogen (secondary N) is 1. The normalized spacial score (nSPS) is 11.1. The Morgan fingerprint density at radius 1 is 1.00 bits per heavy atom. The maximum absolute atomic E-state index is 11.9. The molecule has 0 aromatic heterocycles. The standard InChI is InChI=1S/C22H27NO3/c1-16-7-5-6-8-19(16)23-20(24)15-26-21(25)14-11-17-9-12-18(13-10-17)22(2,3)4/h5-10,12-13H,11,14-15H2,1-4H3,(H,23,24). The fourth-order valence-corrected chi connectivity index (χ4v) is 2.54. The number of amides is 1. The molecule has 0 aliphatic rings. The molecule has 1 N–H and O–H groups in total.